The van der Waals surface area contributed by atoms with Gasteiger partial charge < -0.3 is 4.90 Å². The lowest BCUT2D eigenvalue weighted by Crippen LogP contribution is -2.38. The average Bonchev–Trinajstić information content (AvgIpc) is 3.16. The van der Waals surface area contributed by atoms with E-state index in [4.69, 9.17) is 0 Å². The van der Waals surface area contributed by atoms with Crippen molar-refractivity contribution in [2.75, 3.05) is 16.4 Å². The number of amidine groups is 1. The average molecular weight is 537 g/mol. The maximum Gasteiger partial charge on any atom is 0.416 e. The monoisotopic (exact) mass is 536 g/mol. The maximum absolute atomic E-state index is 13.4. The molecule has 4 rings (SSSR count). The Hall–Kier alpha value is -2.54. The molecule has 0 spiro atoms. The number of hydrogen-bond acceptors (Lipinski definition) is 4. The topological polar surface area (TPSA) is 66.8 Å². The Morgan fingerprint density at radius 2 is 1.66 bits per heavy atom. The zero-order valence-electron chi connectivity index (χ0n) is 18.0. The minimum atomic E-state index is -5.08. The molecule has 2 aliphatic heterocycles. The Morgan fingerprint density at radius 3 is 2.23 bits per heavy atom. The minimum Gasteiger partial charge on any atom is -0.316 e. The second-order valence-corrected chi connectivity index (χ2v) is 11.7. The molecule has 0 N–H and O–H groups in total. The van der Waals surface area contributed by atoms with E-state index >= 15 is 0 Å². The van der Waals surface area contributed by atoms with Gasteiger partial charge in [0.2, 0.25) is 0 Å². The zero-order valence-corrected chi connectivity index (χ0v) is 19.7. The Labute approximate surface area is 201 Å². The smallest absolute Gasteiger partial charge is 0.316 e. The molecule has 2 aromatic carbocycles. The van der Waals surface area contributed by atoms with E-state index in [0.29, 0.717) is 17.7 Å². The third kappa shape index (κ3) is 5.66. The molecular weight excluding hydrogens is 518 g/mol. The van der Waals surface area contributed by atoms with Crippen LogP contribution in [0.2, 0.25) is 0 Å². The molecule has 0 bridgehead atoms. The van der Waals surface area contributed by atoms with E-state index in [1.54, 1.807) is 18.2 Å². The van der Waals surface area contributed by atoms with Crippen LogP contribution >= 0.6 is 11.8 Å². The maximum atomic E-state index is 13.4. The fourth-order valence-electron chi connectivity index (χ4n) is 4.09. The number of nitrogens with zero attached hydrogens (tertiary/aromatic N) is 2. The molecule has 35 heavy (non-hydrogen) atoms. The van der Waals surface area contributed by atoms with Crippen molar-refractivity contribution in [1.29, 1.82) is 0 Å². The largest absolute Gasteiger partial charge is 0.416 e. The van der Waals surface area contributed by atoms with Gasteiger partial charge in [-0.15, -0.1) is 0 Å². The molecule has 0 aromatic heterocycles. The third-order valence-electron chi connectivity index (χ3n) is 5.58. The molecule has 188 valence electrons. The van der Waals surface area contributed by atoms with Gasteiger partial charge in [-0.2, -0.15) is 31.3 Å². The summed E-state index contributed by atoms with van der Waals surface area (Å²) in [6.07, 6.45) is -10.3. The molecule has 2 heterocycles. The van der Waals surface area contributed by atoms with E-state index in [1.807, 2.05) is 13.0 Å². The first-order chi connectivity index (χ1) is 16.1. The molecule has 0 saturated carbocycles. The molecule has 2 fully saturated rings. The number of anilines is 1. The molecule has 0 unspecified atom stereocenters. The van der Waals surface area contributed by atoms with Crippen LogP contribution in [0.4, 0.5) is 32.0 Å². The van der Waals surface area contributed by atoms with Crippen molar-refractivity contribution < 1.29 is 39.6 Å². The van der Waals surface area contributed by atoms with Gasteiger partial charge in [-0.05, 0) is 30.7 Å². The number of carbonyl (C=O) groups excluding carboxylic acids is 1. The molecule has 5 nitrogen and oxygen atoms in total. The zero-order chi connectivity index (χ0) is 25.8. The predicted octanol–water partition coefficient (Wildman–Crippen LogP) is 4.88. The molecule has 2 saturated heterocycles. The fraction of sp³-hybridized carbons (Fsp3) is 0.364. The van der Waals surface area contributed by atoms with Crippen molar-refractivity contribution in [2.24, 2.45) is 4.99 Å². The summed E-state index contributed by atoms with van der Waals surface area (Å²) in [7, 11) is -3.58. The van der Waals surface area contributed by atoms with Crippen molar-refractivity contribution in [3.63, 3.8) is 0 Å². The van der Waals surface area contributed by atoms with E-state index in [1.165, 1.54) is 0 Å². The first-order valence-electron chi connectivity index (χ1n) is 10.3. The first kappa shape index (κ1) is 25.5. The summed E-state index contributed by atoms with van der Waals surface area (Å²) in [5.41, 5.74) is -2.08. The third-order valence-corrected chi connectivity index (χ3v) is 8.79. The summed E-state index contributed by atoms with van der Waals surface area (Å²) in [4.78, 5) is 17.7. The van der Waals surface area contributed by atoms with E-state index in [9.17, 15) is 39.6 Å². The van der Waals surface area contributed by atoms with Crippen molar-refractivity contribution >= 4 is 38.4 Å². The van der Waals surface area contributed by atoms with Gasteiger partial charge in [0, 0.05) is 10.9 Å². The molecule has 2 aromatic rings. The highest BCUT2D eigenvalue weighted by Crippen LogP contribution is 2.44. The van der Waals surface area contributed by atoms with Crippen molar-refractivity contribution in [1.82, 2.24) is 0 Å². The van der Waals surface area contributed by atoms with Crippen LogP contribution in [0.1, 0.15) is 22.3 Å². The number of hydrogen-bond donors (Lipinski definition) is 0. The lowest BCUT2D eigenvalue weighted by molar-refractivity contribution is -0.143. The van der Waals surface area contributed by atoms with E-state index in [0.717, 1.165) is 22.2 Å². The van der Waals surface area contributed by atoms with Crippen LogP contribution in [-0.2, 0) is 33.4 Å². The summed E-state index contributed by atoms with van der Waals surface area (Å²) in [6.45, 7) is 1.82. The highest BCUT2D eigenvalue weighted by Gasteiger charge is 2.50. The van der Waals surface area contributed by atoms with Crippen molar-refractivity contribution in [2.45, 2.75) is 37.0 Å². The number of sulfone groups is 1. The van der Waals surface area contributed by atoms with Crippen LogP contribution in [0.25, 0.3) is 0 Å². The number of thioether (sulfide) groups is 1. The number of fused-ring (bicyclic) bond motifs is 1. The van der Waals surface area contributed by atoms with Crippen LogP contribution in [0.15, 0.2) is 47.5 Å². The van der Waals surface area contributed by atoms with Gasteiger partial charge in [0.15, 0.2) is 15.0 Å². The van der Waals surface area contributed by atoms with Gasteiger partial charge in [0.1, 0.15) is 0 Å². The predicted molar refractivity (Wildman–Crippen MR) is 120 cm³/mol. The summed E-state index contributed by atoms with van der Waals surface area (Å²) in [5.74, 6) is -1.46. The molecule has 1 amide bonds. The second-order valence-electron chi connectivity index (χ2n) is 8.39. The summed E-state index contributed by atoms with van der Waals surface area (Å²) in [6, 6.07) is 7.07. The Morgan fingerprint density at radius 1 is 1.03 bits per heavy atom. The standard InChI is InChI=1S/C22H18F6N2O3S2/c1-12-3-2-4-13(5-12)6-19(31)29-20-30(17-10-35(32,33)11-18(17)34-20)16-8-14(21(23,24)25)7-15(9-16)22(26,27)28/h2-5,7-9,17-18H,6,10-11H2,1H3/t17-,18+/m0/s1. The van der Waals surface area contributed by atoms with Gasteiger partial charge in [0.25, 0.3) is 5.91 Å². The van der Waals surface area contributed by atoms with Gasteiger partial charge >= 0.3 is 12.4 Å². The number of aryl methyl sites for hydroxylation is 1. The molecule has 0 aliphatic carbocycles. The number of alkyl halides is 6. The van der Waals surface area contributed by atoms with Crippen LogP contribution in [0.3, 0.4) is 0 Å². The van der Waals surface area contributed by atoms with E-state index < -0.39 is 62.0 Å². The highest BCUT2D eigenvalue weighted by molar-refractivity contribution is 8.16. The van der Waals surface area contributed by atoms with E-state index in [2.05, 4.69) is 4.99 Å². The number of amides is 1. The van der Waals surface area contributed by atoms with Gasteiger partial charge in [-0.25, -0.2) is 8.42 Å². The van der Waals surface area contributed by atoms with Gasteiger partial charge in [-0.3, -0.25) is 4.79 Å². The normalized spacial score (nSPS) is 23.1. The summed E-state index contributed by atoms with van der Waals surface area (Å²) < 4.78 is 105. The van der Waals surface area contributed by atoms with Crippen LogP contribution in [0.5, 0.6) is 0 Å². The quantitative estimate of drug-likeness (QED) is 0.524. The van der Waals surface area contributed by atoms with Crippen molar-refractivity contribution in [3.8, 4) is 0 Å². The van der Waals surface area contributed by atoms with Gasteiger partial charge in [-0.1, -0.05) is 41.6 Å². The highest BCUT2D eigenvalue weighted by atomic mass is 32.2. The van der Waals surface area contributed by atoms with Gasteiger partial charge in [0.05, 0.1) is 35.1 Å². The van der Waals surface area contributed by atoms with Crippen LogP contribution in [-0.4, -0.2) is 42.3 Å². The van der Waals surface area contributed by atoms with E-state index in [-0.39, 0.29) is 23.4 Å². The molecule has 0 radical (unpaired) electrons. The molecule has 13 heteroatoms. The number of carbonyl (C=O) groups is 1. The number of halogens is 6. The Kier molecular flexibility index (Phi) is 6.45. The Balaban J connectivity index is 1.78. The lowest BCUT2D eigenvalue weighted by Gasteiger charge is -2.26. The second kappa shape index (κ2) is 8.84. The number of rotatable bonds is 3. The summed E-state index contributed by atoms with van der Waals surface area (Å²) in [5, 5.41) is -0.811. The fourth-order valence-corrected chi connectivity index (χ4v) is 8.02. The number of benzene rings is 2. The lowest BCUT2D eigenvalue weighted by atomic mass is 10.1. The molecule has 2 aliphatic rings. The van der Waals surface area contributed by atoms with Crippen molar-refractivity contribution in [3.05, 3.63) is 64.7 Å². The van der Waals surface area contributed by atoms with Crippen LogP contribution < -0.4 is 4.90 Å². The molecular formula is C22H18F6N2O3S2. The Bertz CT molecular complexity index is 1270. The molecule has 2 atom stereocenters. The SMILES string of the molecule is Cc1cccc(CC(=O)N=C2S[C@@H]3CS(=O)(=O)C[C@@H]3N2c2cc(C(F)(F)F)cc(C(F)(F)F)c2)c1. The van der Waals surface area contributed by atoms with Crippen LogP contribution in [0, 0.1) is 6.92 Å². The minimum absolute atomic E-state index is 0.00467. The first-order valence-corrected chi connectivity index (χ1v) is 13.0. The summed E-state index contributed by atoms with van der Waals surface area (Å²) >= 11 is 0.869. The number of aliphatic imine (C=N–C) groups is 1.